The Kier molecular flexibility index (Phi) is 3.78. The van der Waals surface area contributed by atoms with Crippen LogP contribution in [-0.4, -0.2) is 23.9 Å². The summed E-state index contributed by atoms with van der Waals surface area (Å²) in [6, 6.07) is 3.87. The molecule has 3 heteroatoms. The molecule has 2 rings (SSSR count). The summed E-state index contributed by atoms with van der Waals surface area (Å²) >= 11 is 1.55. The molecule has 82 valence electrons. The molecule has 0 radical (unpaired) electrons. The summed E-state index contributed by atoms with van der Waals surface area (Å²) in [6.45, 7) is 1.88. The maximum absolute atomic E-state index is 12.1. The zero-order valence-corrected chi connectivity index (χ0v) is 9.76. The molecule has 0 spiro atoms. The van der Waals surface area contributed by atoms with E-state index in [1.165, 1.54) is 19.3 Å². The lowest BCUT2D eigenvalue weighted by atomic mass is 10.1. The number of amides is 1. The molecule has 0 aromatic carbocycles. The number of hydrogen-bond acceptors (Lipinski definition) is 2. The van der Waals surface area contributed by atoms with E-state index in [9.17, 15) is 4.79 Å². The van der Waals surface area contributed by atoms with E-state index < -0.39 is 0 Å². The summed E-state index contributed by atoms with van der Waals surface area (Å²) in [7, 11) is 0. The predicted octanol–water partition coefficient (Wildman–Crippen LogP) is 3.15. The molecule has 1 aromatic heterocycles. The molecule has 1 aromatic rings. The Hall–Kier alpha value is -0.830. The third-order valence-electron chi connectivity index (χ3n) is 2.88. The molecule has 2 heterocycles. The topological polar surface area (TPSA) is 20.3 Å². The van der Waals surface area contributed by atoms with Crippen molar-refractivity contribution in [3.63, 3.8) is 0 Å². The van der Waals surface area contributed by atoms with Crippen LogP contribution >= 0.6 is 11.3 Å². The maximum Gasteiger partial charge on any atom is 0.263 e. The van der Waals surface area contributed by atoms with Crippen molar-refractivity contribution < 1.29 is 4.79 Å². The number of carbonyl (C=O) groups excluding carboxylic acids is 1. The molecule has 0 bridgehead atoms. The monoisotopic (exact) mass is 223 g/mol. The minimum Gasteiger partial charge on any atom is -0.338 e. The number of nitrogens with zero attached hydrogens (tertiary/aromatic N) is 1. The van der Waals surface area contributed by atoms with Crippen LogP contribution in [-0.2, 0) is 0 Å². The van der Waals surface area contributed by atoms with Crippen LogP contribution < -0.4 is 0 Å². The summed E-state index contributed by atoms with van der Waals surface area (Å²) < 4.78 is 0. The molecular weight excluding hydrogens is 206 g/mol. The standard InChI is InChI=1S/C12H17NOS/c14-12(11-7-6-10-15-11)13-8-4-2-1-3-5-9-13/h6-7,10H,1-5,8-9H2. The Bertz CT molecular complexity index is 299. The highest BCUT2D eigenvalue weighted by Gasteiger charge is 2.16. The van der Waals surface area contributed by atoms with Gasteiger partial charge in [-0.2, -0.15) is 0 Å². The zero-order chi connectivity index (χ0) is 10.5. The van der Waals surface area contributed by atoms with Crippen LogP contribution in [0.4, 0.5) is 0 Å². The van der Waals surface area contributed by atoms with Gasteiger partial charge >= 0.3 is 0 Å². The number of carbonyl (C=O) groups is 1. The SMILES string of the molecule is O=C(c1cccs1)N1CCCCCCC1. The summed E-state index contributed by atoms with van der Waals surface area (Å²) in [5, 5.41) is 1.97. The third kappa shape index (κ3) is 2.81. The molecule has 0 saturated carbocycles. The first kappa shape index (κ1) is 10.7. The molecule has 0 N–H and O–H groups in total. The molecule has 0 unspecified atom stereocenters. The number of rotatable bonds is 1. The highest BCUT2D eigenvalue weighted by molar-refractivity contribution is 7.12. The van der Waals surface area contributed by atoms with Crippen LogP contribution in [0.15, 0.2) is 17.5 Å². The van der Waals surface area contributed by atoms with Gasteiger partial charge in [-0.15, -0.1) is 11.3 Å². The van der Waals surface area contributed by atoms with Crippen LogP contribution in [0.2, 0.25) is 0 Å². The van der Waals surface area contributed by atoms with Crippen molar-refractivity contribution >= 4 is 17.2 Å². The Morgan fingerprint density at radius 3 is 2.40 bits per heavy atom. The van der Waals surface area contributed by atoms with Crippen LogP contribution in [0.1, 0.15) is 41.8 Å². The fraction of sp³-hybridized carbons (Fsp3) is 0.583. The van der Waals surface area contributed by atoms with E-state index >= 15 is 0 Å². The second-order valence-electron chi connectivity index (χ2n) is 4.04. The smallest absolute Gasteiger partial charge is 0.263 e. The van der Waals surface area contributed by atoms with E-state index in [4.69, 9.17) is 0 Å². The fourth-order valence-electron chi connectivity index (χ4n) is 2.01. The van der Waals surface area contributed by atoms with Crippen LogP contribution in [0.25, 0.3) is 0 Å². The van der Waals surface area contributed by atoms with Crippen molar-refractivity contribution in [2.75, 3.05) is 13.1 Å². The second kappa shape index (κ2) is 5.31. The van der Waals surface area contributed by atoms with Crippen molar-refractivity contribution in [1.82, 2.24) is 4.90 Å². The van der Waals surface area contributed by atoms with Gasteiger partial charge in [-0.25, -0.2) is 0 Å². The highest BCUT2D eigenvalue weighted by Crippen LogP contribution is 2.16. The molecule has 1 aliphatic heterocycles. The van der Waals surface area contributed by atoms with E-state index in [-0.39, 0.29) is 5.91 Å². The van der Waals surface area contributed by atoms with Gasteiger partial charge in [0, 0.05) is 13.1 Å². The summed E-state index contributed by atoms with van der Waals surface area (Å²) in [4.78, 5) is 15.0. The van der Waals surface area contributed by atoms with Gasteiger partial charge in [0.05, 0.1) is 4.88 Å². The normalized spacial score (nSPS) is 18.3. The lowest BCUT2D eigenvalue weighted by Gasteiger charge is -2.24. The van der Waals surface area contributed by atoms with Gasteiger partial charge in [0.25, 0.3) is 5.91 Å². The van der Waals surface area contributed by atoms with Crippen LogP contribution in [0.3, 0.4) is 0 Å². The summed E-state index contributed by atoms with van der Waals surface area (Å²) in [6.07, 6.45) is 6.21. The lowest BCUT2D eigenvalue weighted by Crippen LogP contribution is -2.33. The highest BCUT2D eigenvalue weighted by atomic mass is 32.1. The Balaban J connectivity index is 1.98. The minimum absolute atomic E-state index is 0.229. The minimum atomic E-state index is 0.229. The Morgan fingerprint density at radius 2 is 1.80 bits per heavy atom. The van der Waals surface area contributed by atoms with Crippen molar-refractivity contribution in [3.8, 4) is 0 Å². The van der Waals surface area contributed by atoms with Crippen molar-refractivity contribution in [2.24, 2.45) is 0 Å². The van der Waals surface area contributed by atoms with E-state index in [2.05, 4.69) is 0 Å². The Labute approximate surface area is 94.9 Å². The molecule has 0 atom stereocenters. The van der Waals surface area contributed by atoms with E-state index in [1.807, 2.05) is 22.4 Å². The quantitative estimate of drug-likeness (QED) is 0.716. The van der Waals surface area contributed by atoms with Crippen molar-refractivity contribution in [2.45, 2.75) is 32.1 Å². The van der Waals surface area contributed by atoms with Gasteiger partial charge < -0.3 is 4.90 Å². The first-order chi connectivity index (χ1) is 7.38. The van der Waals surface area contributed by atoms with Crippen LogP contribution in [0.5, 0.6) is 0 Å². The van der Waals surface area contributed by atoms with E-state index in [0.717, 1.165) is 30.8 Å². The van der Waals surface area contributed by atoms with Crippen molar-refractivity contribution in [3.05, 3.63) is 22.4 Å². The van der Waals surface area contributed by atoms with E-state index in [0.29, 0.717) is 0 Å². The average Bonchev–Trinajstić information content (AvgIpc) is 2.68. The lowest BCUT2D eigenvalue weighted by molar-refractivity contribution is 0.0747. The molecule has 1 aliphatic rings. The van der Waals surface area contributed by atoms with Gasteiger partial charge in [0.2, 0.25) is 0 Å². The van der Waals surface area contributed by atoms with E-state index in [1.54, 1.807) is 11.3 Å². The number of hydrogen-bond donors (Lipinski definition) is 0. The molecular formula is C12H17NOS. The molecule has 15 heavy (non-hydrogen) atoms. The van der Waals surface area contributed by atoms with Gasteiger partial charge in [-0.1, -0.05) is 25.3 Å². The van der Waals surface area contributed by atoms with Gasteiger partial charge in [-0.05, 0) is 24.3 Å². The zero-order valence-electron chi connectivity index (χ0n) is 8.95. The third-order valence-corrected chi connectivity index (χ3v) is 3.73. The molecule has 0 aliphatic carbocycles. The second-order valence-corrected chi connectivity index (χ2v) is 4.98. The average molecular weight is 223 g/mol. The molecule has 2 nitrogen and oxygen atoms in total. The predicted molar refractivity (Wildman–Crippen MR) is 63.3 cm³/mol. The summed E-state index contributed by atoms with van der Waals surface area (Å²) in [5.74, 6) is 0.229. The first-order valence-corrected chi connectivity index (χ1v) is 6.59. The Morgan fingerprint density at radius 1 is 1.13 bits per heavy atom. The number of likely N-dealkylation sites (tertiary alicyclic amines) is 1. The summed E-state index contributed by atoms with van der Waals surface area (Å²) in [5.41, 5.74) is 0. The van der Waals surface area contributed by atoms with Crippen LogP contribution in [0, 0.1) is 0 Å². The molecule has 1 fully saturated rings. The number of thiophene rings is 1. The largest absolute Gasteiger partial charge is 0.338 e. The maximum atomic E-state index is 12.1. The van der Waals surface area contributed by atoms with Gasteiger partial charge in [-0.3, -0.25) is 4.79 Å². The first-order valence-electron chi connectivity index (χ1n) is 5.71. The van der Waals surface area contributed by atoms with Crippen molar-refractivity contribution in [1.29, 1.82) is 0 Å². The molecule has 1 amide bonds. The molecule has 1 saturated heterocycles. The van der Waals surface area contributed by atoms with Gasteiger partial charge in [0.1, 0.15) is 0 Å². The fourth-order valence-corrected chi connectivity index (χ4v) is 2.70. The van der Waals surface area contributed by atoms with Gasteiger partial charge in [0.15, 0.2) is 0 Å².